The number of thiazole rings is 1. The van der Waals surface area contributed by atoms with Crippen LogP contribution in [0.15, 0.2) is 65.0 Å². The van der Waals surface area contributed by atoms with Crippen LogP contribution in [0.3, 0.4) is 0 Å². The van der Waals surface area contributed by atoms with E-state index < -0.39 is 0 Å². The van der Waals surface area contributed by atoms with Gasteiger partial charge in [0.2, 0.25) is 0 Å². The number of rotatable bonds is 5. The maximum atomic E-state index is 11.2. The third-order valence-corrected chi connectivity index (χ3v) is 5.41. The summed E-state index contributed by atoms with van der Waals surface area (Å²) in [5, 5.41) is 13.2. The average molecular weight is 381 g/mol. The van der Waals surface area contributed by atoms with Crippen molar-refractivity contribution in [3.63, 3.8) is 0 Å². The van der Waals surface area contributed by atoms with Crippen molar-refractivity contribution in [2.75, 3.05) is 6.61 Å². The Balaban J connectivity index is 1.80. The largest absolute Gasteiger partial charge is 0.376 e. The van der Waals surface area contributed by atoms with E-state index in [0.717, 1.165) is 41.2 Å². The maximum absolute atomic E-state index is 11.2. The molecule has 2 heterocycles. The van der Waals surface area contributed by atoms with Gasteiger partial charge in [-0.15, -0.1) is 11.3 Å². The Bertz CT molecular complexity index is 1000. The molecule has 0 amide bonds. The second-order valence-electron chi connectivity index (χ2n) is 6.40. The quantitative estimate of drug-likeness (QED) is 0.481. The van der Waals surface area contributed by atoms with Crippen LogP contribution < -0.4 is 4.80 Å². The molecular formula is C20H19N3O3S. The van der Waals surface area contributed by atoms with Gasteiger partial charge < -0.3 is 9.30 Å². The maximum Gasteiger partial charge on any atom is 0.270 e. The van der Waals surface area contributed by atoms with Gasteiger partial charge in [0.15, 0.2) is 4.80 Å². The van der Waals surface area contributed by atoms with E-state index in [4.69, 9.17) is 9.73 Å². The summed E-state index contributed by atoms with van der Waals surface area (Å²) >= 11 is 1.53. The van der Waals surface area contributed by atoms with Crippen LogP contribution in [-0.4, -0.2) is 22.2 Å². The molecule has 6 nitrogen and oxygen atoms in total. The number of hydrogen-bond acceptors (Lipinski definition) is 5. The smallest absolute Gasteiger partial charge is 0.270 e. The molecule has 1 aliphatic rings. The van der Waals surface area contributed by atoms with Crippen molar-refractivity contribution in [3.05, 3.63) is 74.9 Å². The number of nitro groups is 1. The molecular weight excluding hydrogens is 362 g/mol. The second-order valence-corrected chi connectivity index (χ2v) is 7.24. The van der Waals surface area contributed by atoms with Gasteiger partial charge in [-0.2, -0.15) is 0 Å². The number of hydrogen-bond donors (Lipinski definition) is 0. The third kappa shape index (κ3) is 3.99. The monoisotopic (exact) mass is 381 g/mol. The van der Waals surface area contributed by atoms with Gasteiger partial charge in [0, 0.05) is 29.7 Å². The van der Waals surface area contributed by atoms with Crippen LogP contribution in [0.25, 0.3) is 11.3 Å². The Hall–Kier alpha value is -2.77. The highest BCUT2D eigenvalue weighted by Crippen LogP contribution is 2.26. The number of benzene rings is 2. The molecule has 0 saturated carbocycles. The van der Waals surface area contributed by atoms with Crippen LogP contribution >= 0.6 is 11.3 Å². The van der Waals surface area contributed by atoms with Crippen molar-refractivity contribution in [3.8, 4) is 11.3 Å². The van der Waals surface area contributed by atoms with Crippen molar-refractivity contribution in [2.45, 2.75) is 25.5 Å². The number of para-hydroxylation sites is 1. The van der Waals surface area contributed by atoms with E-state index in [9.17, 15) is 10.1 Å². The van der Waals surface area contributed by atoms with Gasteiger partial charge in [0.1, 0.15) is 0 Å². The summed E-state index contributed by atoms with van der Waals surface area (Å²) in [6, 6.07) is 16.5. The first-order valence-electron chi connectivity index (χ1n) is 8.85. The summed E-state index contributed by atoms with van der Waals surface area (Å²) in [4.78, 5) is 16.4. The summed E-state index contributed by atoms with van der Waals surface area (Å²) in [7, 11) is 0. The first-order chi connectivity index (χ1) is 13.2. The van der Waals surface area contributed by atoms with E-state index in [1.807, 2.05) is 41.8 Å². The first kappa shape index (κ1) is 17.6. The molecule has 0 N–H and O–H groups in total. The highest BCUT2D eigenvalue weighted by molar-refractivity contribution is 7.07. The number of nitro benzene ring substituents is 1. The highest BCUT2D eigenvalue weighted by Gasteiger charge is 2.19. The fourth-order valence-corrected chi connectivity index (χ4v) is 4.15. The molecule has 2 aromatic carbocycles. The molecule has 7 heteroatoms. The minimum atomic E-state index is -0.366. The molecule has 1 saturated heterocycles. The predicted molar refractivity (Wildman–Crippen MR) is 105 cm³/mol. The Morgan fingerprint density at radius 3 is 2.81 bits per heavy atom. The van der Waals surface area contributed by atoms with Gasteiger partial charge >= 0.3 is 0 Å². The van der Waals surface area contributed by atoms with Crippen molar-refractivity contribution in [1.29, 1.82) is 0 Å². The van der Waals surface area contributed by atoms with Gasteiger partial charge in [-0.25, -0.2) is 4.99 Å². The molecule has 1 fully saturated rings. The van der Waals surface area contributed by atoms with Crippen molar-refractivity contribution >= 4 is 22.7 Å². The van der Waals surface area contributed by atoms with Crippen LogP contribution in [0.5, 0.6) is 0 Å². The van der Waals surface area contributed by atoms with Gasteiger partial charge in [-0.1, -0.05) is 30.3 Å². The molecule has 0 bridgehead atoms. The molecule has 138 valence electrons. The van der Waals surface area contributed by atoms with Crippen LogP contribution in [0, 0.1) is 10.1 Å². The second kappa shape index (κ2) is 7.85. The number of ether oxygens (including phenoxy) is 1. The number of non-ortho nitro benzene ring substituents is 1. The standard InChI is InChI=1S/C20H19N3O3S/c24-23(25)17-9-4-6-15(12-17)19-14-27-20(21-16-7-2-1-3-8-16)22(19)13-18-10-5-11-26-18/h1-4,6-9,12,14,18H,5,10-11,13H2. The van der Waals surface area contributed by atoms with E-state index in [1.54, 1.807) is 12.1 Å². The van der Waals surface area contributed by atoms with Crippen LogP contribution in [0.1, 0.15) is 12.8 Å². The normalized spacial score (nSPS) is 17.3. The fraction of sp³-hybridized carbons (Fsp3) is 0.250. The molecule has 1 aromatic heterocycles. The lowest BCUT2D eigenvalue weighted by Crippen LogP contribution is -2.24. The van der Waals surface area contributed by atoms with E-state index in [1.165, 1.54) is 17.4 Å². The highest BCUT2D eigenvalue weighted by atomic mass is 32.1. The van der Waals surface area contributed by atoms with Gasteiger partial charge in [-0.05, 0) is 25.0 Å². The summed E-state index contributed by atoms with van der Waals surface area (Å²) in [6.07, 6.45) is 2.22. The molecule has 27 heavy (non-hydrogen) atoms. The summed E-state index contributed by atoms with van der Waals surface area (Å²) in [5.74, 6) is 0. The lowest BCUT2D eigenvalue weighted by atomic mass is 10.1. The molecule has 0 aliphatic carbocycles. The predicted octanol–water partition coefficient (Wildman–Crippen LogP) is 4.54. The minimum Gasteiger partial charge on any atom is -0.376 e. The van der Waals surface area contributed by atoms with Crippen molar-refractivity contribution in [1.82, 2.24) is 4.57 Å². The fourth-order valence-electron chi connectivity index (χ4n) is 3.21. The van der Waals surface area contributed by atoms with E-state index in [0.29, 0.717) is 6.54 Å². The average Bonchev–Trinajstić information content (AvgIpc) is 3.34. The number of nitrogens with zero attached hydrogens (tertiary/aromatic N) is 3. The molecule has 1 atom stereocenters. The Kier molecular flexibility index (Phi) is 5.13. The lowest BCUT2D eigenvalue weighted by molar-refractivity contribution is -0.384. The van der Waals surface area contributed by atoms with E-state index in [-0.39, 0.29) is 16.7 Å². The first-order valence-corrected chi connectivity index (χ1v) is 9.73. The minimum absolute atomic E-state index is 0.0870. The van der Waals surface area contributed by atoms with E-state index in [2.05, 4.69) is 4.57 Å². The van der Waals surface area contributed by atoms with Gasteiger partial charge in [-0.3, -0.25) is 10.1 Å². The zero-order valence-corrected chi connectivity index (χ0v) is 15.5. The molecule has 3 aromatic rings. The van der Waals surface area contributed by atoms with Crippen LogP contribution in [0.2, 0.25) is 0 Å². The molecule has 0 spiro atoms. The zero-order chi connectivity index (χ0) is 18.6. The topological polar surface area (TPSA) is 69.7 Å². The van der Waals surface area contributed by atoms with Gasteiger partial charge in [0.25, 0.3) is 5.69 Å². The van der Waals surface area contributed by atoms with Crippen LogP contribution in [-0.2, 0) is 11.3 Å². The van der Waals surface area contributed by atoms with E-state index >= 15 is 0 Å². The van der Waals surface area contributed by atoms with Gasteiger partial charge in [0.05, 0.1) is 29.0 Å². The Morgan fingerprint density at radius 2 is 2.07 bits per heavy atom. The Labute approximate surface area is 160 Å². The molecule has 0 radical (unpaired) electrons. The Morgan fingerprint density at radius 1 is 1.22 bits per heavy atom. The molecule has 1 aliphatic heterocycles. The molecule has 1 unspecified atom stereocenters. The van der Waals surface area contributed by atoms with Crippen molar-refractivity contribution in [2.24, 2.45) is 4.99 Å². The summed E-state index contributed by atoms with van der Waals surface area (Å²) in [6.45, 7) is 1.47. The van der Waals surface area contributed by atoms with Crippen LogP contribution in [0.4, 0.5) is 11.4 Å². The zero-order valence-electron chi connectivity index (χ0n) is 14.7. The SMILES string of the molecule is O=[N+]([O-])c1cccc(-c2csc(=Nc3ccccc3)n2CC2CCCO2)c1. The molecule has 4 rings (SSSR count). The van der Waals surface area contributed by atoms with Crippen molar-refractivity contribution < 1.29 is 9.66 Å². The lowest BCUT2D eigenvalue weighted by Gasteiger charge is -2.14. The number of aromatic nitrogens is 1. The summed E-state index contributed by atoms with van der Waals surface area (Å²) in [5.41, 5.74) is 2.71. The summed E-state index contributed by atoms with van der Waals surface area (Å²) < 4.78 is 7.94. The third-order valence-electron chi connectivity index (χ3n) is 4.54.